The Morgan fingerprint density at radius 2 is 2.00 bits per heavy atom. The summed E-state index contributed by atoms with van der Waals surface area (Å²) in [5.74, 6) is 1.21. The molecule has 2 aromatic carbocycles. The summed E-state index contributed by atoms with van der Waals surface area (Å²) in [5, 5.41) is 10.5. The molecule has 0 unspecified atom stereocenters. The van der Waals surface area contributed by atoms with Crippen molar-refractivity contribution >= 4 is 28.0 Å². The SMILES string of the molecule is Cc1ccccc1-c1nn2c(=O)cc(CNC(=O)Nc3ccc4c(c3)OCO4)nc2s1. The van der Waals surface area contributed by atoms with Crippen LogP contribution < -0.4 is 25.7 Å². The molecule has 0 radical (unpaired) electrons. The van der Waals surface area contributed by atoms with Crippen LogP contribution in [0.25, 0.3) is 15.5 Å². The maximum absolute atomic E-state index is 12.5. The fraction of sp³-hybridized carbons (Fsp3) is 0.143. The predicted molar refractivity (Wildman–Crippen MR) is 116 cm³/mol. The Kier molecular flexibility index (Phi) is 4.75. The van der Waals surface area contributed by atoms with E-state index in [1.807, 2.05) is 31.2 Å². The van der Waals surface area contributed by atoms with E-state index in [9.17, 15) is 9.59 Å². The van der Waals surface area contributed by atoms with Gasteiger partial charge in [0.15, 0.2) is 11.5 Å². The van der Waals surface area contributed by atoms with Gasteiger partial charge in [-0.1, -0.05) is 35.6 Å². The first-order valence-electron chi connectivity index (χ1n) is 9.47. The Morgan fingerprint density at radius 1 is 1.16 bits per heavy atom. The number of rotatable bonds is 4. The Balaban J connectivity index is 1.31. The molecule has 1 aliphatic heterocycles. The first-order chi connectivity index (χ1) is 15.1. The van der Waals surface area contributed by atoms with E-state index < -0.39 is 6.03 Å². The molecule has 5 rings (SSSR count). The molecule has 0 spiro atoms. The van der Waals surface area contributed by atoms with Gasteiger partial charge in [-0.05, 0) is 24.6 Å². The molecule has 0 saturated heterocycles. The van der Waals surface area contributed by atoms with Gasteiger partial charge in [-0.25, -0.2) is 9.78 Å². The molecule has 0 atom stereocenters. The van der Waals surface area contributed by atoms with Crippen LogP contribution in [0.2, 0.25) is 0 Å². The Labute approximate surface area is 180 Å². The number of nitrogens with one attached hydrogen (secondary N) is 2. The lowest BCUT2D eigenvalue weighted by atomic mass is 10.1. The minimum atomic E-state index is -0.425. The average Bonchev–Trinajstić information content (AvgIpc) is 3.39. The fourth-order valence-corrected chi connectivity index (χ4v) is 4.20. The van der Waals surface area contributed by atoms with E-state index in [1.54, 1.807) is 18.2 Å². The van der Waals surface area contributed by atoms with E-state index >= 15 is 0 Å². The molecule has 0 aliphatic carbocycles. The number of aromatic nitrogens is 3. The van der Waals surface area contributed by atoms with Crippen molar-refractivity contribution in [3.8, 4) is 22.1 Å². The number of carbonyl (C=O) groups is 1. The number of aryl methyl sites for hydroxylation is 1. The third kappa shape index (κ3) is 3.80. The van der Waals surface area contributed by atoms with Gasteiger partial charge in [0.05, 0.1) is 12.2 Å². The first-order valence-corrected chi connectivity index (χ1v) is 10.3. The largest absolute Gasteiger partial charge is 0.454 e. The highest BCUT2D eigenvalue weighted by Gasteiger charge is 2.15. The number of fused-ring (bicyclic) bond motifs is 2. The molecule has 1 aliphatic rings. The lowest BCUT2D eigenvalue weighted by Gasteiger charge is -2.08. The molecular weight excluding hydrogens is 418 g/mol. The van der Waals surface area contributed by atoms with Crippen molar-refractivity contribution < 1.29 is 14.3 Å². The van der Waals surface area contributed by atoms with Crippen LogP contribution in [0.15, 0.2) is 53.3 Å². The molecule has 0 saturated carbocycles. The van der Waals surface area contributed by atoms with Gasteiger partial charge >= 0.3 is 6.03 Å². The third-order valence-electron chi connectivity index (χ3n) is 4.73. The second kappa shape index (κ2) is 7.73. The number of amides is 2. The van der Waals surface area contributed by atoms with Crippen LogP contribution in [-0.2, 0) is 6.54 Å². The van der Waals surface area contributed by atoms with E-state index in [2.05, 4.69) is 20.7 Å². The summed E-state index contributed by atoms with van der Waals surface area (Å²) in [6.45, 7) is 2.25. The van der Waals surface area contributed by atoms with Gasteiger partial charge in [-0.3, -0.25) is 4.79 Å². The van der Waals surface area contributed by atoms with Crippen LogP contribution in [-0.4, -0.2) is 27.4 Å². The van der Waals surface area contributed by atoms with Crippen molar-refractivity contribution in [2.75, 3.05) is 12.1 Å². The molecule has 4 aromatic rings. The van der Waals surface area contributed by atoms with E-state index in [4.69, 9.17) is 9.47 Å². The topological polar surface area (TPSA) is 107 Å². The number of hydrogen-bond donors (Lipinski definition) is 2. The van der Waals surface area contributed by atoms with Crippen molar-refractivity contribution in [2.24, 2.45) is 0 Å². The summed E-state index contributed by atoms with van der Waals surface area (Å²) in [6, 6.07) is 13.9. The van der Waals surface area contributed by atoms with Gasteiger partial charge in [0.25, 0.3) is 5.56 Å². The van der Waals surface area contributed by atoms with Gasteiger partial charge in [-0.2, -0.15) is 9.61 Å². The number of hydrogen-bond acceptors (Lipinski definition) is 7. The maximum Gasteiger partial charge on any atom is 0.319 e. The summed E-state index contributed by atoms with van der Waals surface area (Å²) in [4.78, 5) is 29.7. The van der Waals surface area contributed by atoms with Crippen LogP contribution in [0.4, 0.5) is 10.5 Å². The zero-order chi connectivity index (χ0) is 21.4. The molecular formula is C21H17N5O4S. The van der Waals surface area contributed by atoms with Crippen molar-refractivity contribution in [1.82, 2.24) is 19.9 Å². The molecule has 31 heavy (non-hydrogen) atoms. The second-order valence-electron chi connectivity index (χ2n) is 6.88. The summed E-state index contributed by atoms with van der Waals surface area (Å²) in [7, 11) is 0. The first kappa shape index (κ1) is 19.1. The van der Waals surface area contributed by atoms with Crippen molar-refractivity contribution in [2.45, 2.75) is 13.5 Å². The van der Waals surface area contributed by atoms with Gasteiger partial charge in [0.1, 0.15) is 5.01 Å². The summed E-state index contributed by atoms with van der Waals surface area (Å²) in [5.41, 5.74) is 2.74. The lowest BCUT2D eigenvalue weighted by molar-refractivity contribution is 0.174. The van der Waals surface area contributed by atoms with Gasteiger partial charge in [-0.15, -0.1) is 0 Å². The van der Waals surface area contributed by atoms with Crippen molar-refractivity contribution in [1.29, 1.82) is 0 Å². The Bertz CT molecular complexity index is 1360. The molecule has 2 N–H and O–H groups in total. The van der Waals surface area contributed by atoms with E-state index in [1.165, 1.54) is 21.9 Å². The molecule has 2 aromatic heterocycles. The van der Waals surface area contributed by atoms with E-state index in [0.29, 0.717) is 32.8 Å². The number of nitrogens with zero attached hydrogens (tertiary/aromatic N) is 3. The standard InChI is InChI=1S/C21H17N5O4S/c1-12-4-2-3-5-15(12)19-25-26-18(27)9-14(24-21(26)31-19)10-22-20(28)23-13-6-7-16-17(8-13)30-11-29-16/h2-9H,10-11H2,1H3,(H2,22,23,28). The van der Waals surface area contributed by atoms with Crippen LogP contribution in [0.1, 0.15) is 11.3 Å². The van der Waals surface area contributed by atoms with Crippen LogP contribution >= 0.6 is 11.3 Å². The lowest BCUT2D eigenvalue weighted by Crippen LogP contribution is -2.29. The van der Waals surface area contributed by atoms with Crippen LogP contribution in [0, 0.1) is 6.92 Å². The minimum Gasteiger partial charge on any atom is -0.454 e. The summed E-state index contributed by atoms with van der Waals surface area (Å²) in [6.07, 6.45) is 0. The van der Waals surface area contributed by atoms with Crippen LogP contribution in [0.5, 0.6) is 11.5 Å². The van der Waals surface area contributed by atoms with Crippen molar-refractivity contribution in [3.63, 3.8) is 0 Å². The molecule has 0 fully saturated rings. The van der Waals surface area contributed by atoms with E-state index in [0.717, 1.165) is 11.1 Å². The molecule has 10 heteroatoms. The molecule has 9 nitrogen and oxygen atoms in total. The summed E-state index contributed by atoms with van der Waals surface area (Å²) >= 11 is 1.33. The highest BCUT2D eigenvalue weighted by molar-refractivity contribution is 7.19. The van der Waals surface area contributed by atoms with Crippen LogP contribution in [0.3, 0.4) is 0 Å². The highest BCUT2D eigenvalue weighted by atomic mass is 32.1. The Morgan fingerprint density at radius 3 is 2.87 bits per heavy atom. The molecule has 156 valence electrons. The number of ether oxygens (including phenoxy) is 2. The monoisotopic (exact) mass is 435 g/mol. The maximum atomic E-state index is 12.5. The number of carbonyl (C=O) groups excluding carboxylic acids is 1. The normalized spacial score (nSPS) is 12.2. The number of anilines is 1. The fourth-order valence-electron chi connectivity index (χ4n) is 3.19. The Hall–Kier alpha value is -3.92. The summed E-state index contributed by atoms with van der Waals surface area (Å²) < 4.78 is 11.8. The van der Waals surface area contributed by atoms with Gasteiger partial charge < -0.3 is 20.1 Å². The van der Waals surface area contributed by atoms with Gasteiger partial charge in [0, 0.05) is 23.4 Å². The highest BCUT2D eigenvalue weighted by Crippen LogP contribution is 2.34. The zero-order valence-corrected chi connectivity index (χ0v) is 17.2. The molecule has 3 heterocycles. The zero-order valence-electron chi connectivity index (χ0n) is 16.4. The number of urea groups is 1. The van der Waals surface area contributed by atoms with E-state index in [-0.39, 0.29) is 18.9 Å². The number of benzene rings is 2. The molecule has 2 amide bonds. The quantitative estimate of drug-likeness (QED) is 0.510. The average molecular weight is 435 g/mol. The third-order valence-corrected chi connectivity index (χ3v) is 5.68. The van der Waals surface area contributed by atoms with Gasteiger partial charge in [0.2, 0.25) is 11.8 Å². The predicted octanol–water partition coefficient (Wildman–Crippen LogP) is 3.18. The second-order valence-corrected chi connectivity index (χ2v) is 7.83. The molecule has 0 bridgehead atoms. The smallest absolute Gasteiger partial charge is 0.319 e. The minimum absolute atomic E-state index is 0.0969. The van der Waals surface area contributed by atoms with Crippen molar-refractivity contribution in [3.05, 3.63) is 70.1 Å².